The van der Waals surface area contributed by atoms with Crippen molar-refractivity contribution in [3.63, 3.8) is 0 Å². The van der Waals surface area contributed by atoms with Crippen molar-refractivity contribution in [2.24, 2.45) is 5.92 Å². The fourth-order valence-electron chi connectivity index (χ4n) is 4.38. The lowest BCUT2D eigenvalue weighted by Crippen LogP contribution is -2.43. The van der Waals surface area contributed by atoms with Gasteiger partial charge in [-0.2, -0.15) is 0 Å². The Morgan fingerprint density at radius 3 is 2.41 bits per heavy atom. The number of hydrogen-bond donors (Lipinski definition) is 1. The summed E-state index contributed by atoms with van der Waals surface area (Å²) in [6.45, 7) is 4.50. The maximum absolute atomic E-state index is 12.8. The minimum Gasteiger partial charge on any atom is -0.355 e. The second kappa shape index (κ2) is 9.55. The van der Waals surface area contributed by atoms with Gasteiger partial charge in [0.05, 0.1) is 6.04 Å². The molecule has 0 radical (unpaired) electrons. The van der Waals surface area contributed by atoms with Gasteiger partial charge in [0.1, 0.15) is 0 Å². The summed E-state index contributed by atoms with van der Waals surface area (Å²) in [5.74, 6) is 1.06. The average Bonchev–Trinajstić information content (AvgIpc) is 3.30. The summed E-state index contributed by atoms with van der Waals surface area (Å²) in [5, 5.41) is 11.7. The van der Waals surface area contributed by atoms with Gasteiger partial charge in [-0.1, -0.05) is 41.9 Å². The highest BCUT2D eigenvalue weighted by Crippen LogP contribution is 2.26. The number of halogens is 1. The number of likely N-dealkylation sites (tertiary alicyclic amines) is 1. The van der Waals surface area contributed by atoms with E-state index in [0.717, 1.165) is 44.8 Å². The molecule has 1 aromatic carbocycles. The fourth-order valence-corrected chi connectivity index (χ4v) is 4.48. The van der Waals surface area contributed by atoms with Crippen LogP contribution < -0.4 is 10.2 Å². The molecule has 2 saturated heterocycles. The number of benzene rings is 1. The van der Waals surface area contributed by atoms with E-state index in [9.17, 15) is 4.79 Å². The van der Waals surface area contributed by atoms with E-state index in [0.29, 0.717) is 11.7 Å². The highest BCUT2D eigenvalue weighted by molar-refractivity contribution is 6.29. The highest BCUT2D eigenvalue weighted by Gasteiger charge is 2.28. The summed E-state index contributed by atoms with van der Waals surface area (Å²) in [6, 6.07) is 14.4. The standard InChI is InChI=1S/C22H28ClN5O/c23-20-8-9-21(26-25-20)28-14-10-18(11-15-28)22(29)24-16-19(27-12-4-5-13-27)17-6-2-1-3-7-17/h1-3,6-9,18-19H,4-5,10-16H2,(H,24,29)/t19-/m0/s1. The number of anilines is 1. The number of nitrogens with zero attached hydrogens (tertiary/aromatic N) is 4. The first-order valence-electron chi connectivity index (χ1n) is 10.5. The van der Waals surface area contributed by atoms with Crippen LogP contribution in [0.1, 0.15) is 37.3 Å². The van der Waals surface area contributed by atoms with E-state index in [1.54, 1.807) is 6.07 Å². The maximum Gasteiger partial charge on any atom is 0.223 e. The number of rotatable bonds is 6. The molecule has 0 saturated carbocycles. The molecule has 29 heavy (non-hydrogen) atoms. The normalized spacial score (nSPS) is 19.3. The monoisotopic (exact) mass is 413 g/mol. The molecule has 2 aliphatic rings. The first-order valence-corrected chi connectivity index (χ1v) is 10.9. The van der Waals surface area contributed by atoms with Crippen LogP contribution >= 0.6 is 11.6 Å². The number of hydrogen-bond acceptors (Lipinski definition) is 5. The SMILES string of the molecule is O=C(NC[C@@H](c1ccccc1)N1CCCC1)C1CCN(c2ccc(Cl)nn2)CC1. The van der Waals surface area contributed by atoms with Gasteiger partial charge in [0.15, 0.2) is 11.0 Å². The summed E-state index contributed by atoms with van der Waals surface area (Å²) >= 11 is 5.82. The average molecular weight is 414 g/mol. The first-order chi connectivity index (χ1) is 14.2. The Kier molecular flexibility index (Phi) is 6.62. The van der Waals surface area contributed by atoms with Gasteiger partial charge in [-0.15, -0.1) is 10.2 Å². The van der Waals surface area contributed by atoms with Gasteiger partial charge >= 0.3 is 0 Å². The summed E-state index contributed by atoms with van der Waals surface area (Å²) in [7, 11) is 0. The molecule has 6 nitrogen and oxygen atoms in total. The van der Waals surface area contributed by atoms with Crippen molar-refractivity contribution in [3.05, 3.63) is 53.2 Å². The molecular formula is C22H28ClN5O. The molecule has 1 atom stereocenters. The Labute approximate surface area is 177 Å². The highest BCUT2D eigenvalue weighted by atomic mass is 35.5. The van der Waals surface area contributed by atoms with Crippen molar-refractivity contribution in [3.8, 4) is 0 Å². The molecule has 7 heteroatoms. The molecule has 2 aliphatic heterocycles. The van der Waals surface area contributed by atoms with Gasteiger partial charge in [-0.05, 0) is 56.5 Å². The maximum atomic E-state index is 12.8. The van der Waals surface area contributed by atoms with E-state index in [1.807, 2.05) is 12.1 Å². The van der Waals surface area contributed by atoms with E-state index in [4.69, 9.17) is 11.6 Å². The van der Waals surface area contributed by atoms with Crippen molar-refractivity contribution >= 4 is 23.3 Å². The van der Waals surface area contributed by atoms with E-state index in [1.165, 1.54) is 18.4 Å². The van der Waals surface area contributed by atoms with Gasteiger partial charge < -0.3 is 10.2 Å². The lowest BCUT2D eigenvalue weighted by Gasteiger charge is -2.33. The van der Waals surface area contributed by atoms with Crippen LogP contribution in [0, 0.1) is 5.92 Å². The fraction of sp³-hybridized carbons (Fsp3) is 0.500. The first kappa shape index (κ1) is 20.1. The number of carbonyl (C=O) groups excluding carboxylic acids is 1. The Morgan fingerprint density at radius 1 is 1.03 bits per heavy atom. The molecule has 0 spiro atoms. The number of piperidine rings is 1. The molecule has 3 heterocycles. The van der Waals surface area contributed by atoms with Gasteiger partial charge in [0.25, 0.3) is 0 Å². The lowest BCUT2D eigenvalue weighted by atomic mass is 9.95. The minimum absolute atomic E-state index is 0.0570. The number of nitrogens with one attached hydrogen (secondary N) is 1. The van der Waals surface area contributed by atoms with Crippen LogP contribution in [-0.2, 0) is 4.79 Å². The molecule has 2 aromatic rings. The van der Waals surface area contributed by atoms with Crippen LogP contribution in [0.25, 0.3) is 0 Å². The van der Waals surface area contributed by atoms with Gasteiger partial charge in [0, 0.05) is 25.6 Å². The second-order valence-corrected chi connectivity index (χ2v) is 8.28. The smallest absolute Gasteiger partial charge is 0.223 e. The third-order valence-electron chi connectivity index (χ3n) is 6.04. The largest absolute Gasteiger partial charge is 0.355 e. The van der Waals surface area contributed by atoms with Crippen LogP contribution in [0.4, 0.5) is 5.82 Å². The van der Waals surface area contributed by atoms with Crippen LogP contribution in [0.2, 0.25) is 5.15 Å². The number of aromatic nitrogens is 2. The van der Waals surface area contributed by atoms with Crippen molar-refractivity contribution in [2.45, 2.75) is 31.7 Å². The van der Waals surface area contributed by atoms with Crippen molar-refractivity contribution < 1.29 is 4.79 Å². The van der Waals surface area contributed by atoms with Crippen LogP contribution in [0.15, 0.2) is 42.5 Å². The molecule has 4 rings (SSSR count). The van der Waals surface area contributed by atoms with Crippen LogP contribution in [0.3, 0.4) is 0 Å². The van der Waals surface area contributed by atoms with E-state index in [2.05, 4.69) is 49.6 Å². The molecule has 0 bridgehead atoms. The Morgan fingerprint density at radius 2 is 1.76 bits per heavy atom. The van der Waals surface area contributed by atoms with E-state index < -0.39 is 0 Å². The molecule has 2 fully saturated rings. The quantitative estimate of drug-likeness (QED) is 0.787. The summed E-state index contributed by atoms with van der Waals surface area (Å²) in [5.41, 5.74) is 1.28. The Balaban J connectivity index is 1.31. The summed E-state index contributed by atoms with van der Waals surface area (Å²) < 4.78 is 0. The van der Waals surface area contributed by atoms with Crippen molar-refractivity contribution in [1.82, 2.24) is 20.4 Å². The summed E-state index contributed by atoms with van der Waals surface area (Å²) in [4.78, 5) is 17.5. The van der Waals surface area contributed by atoms with Crippen molar-refractivity contribution in [1.29, 1.82) is 0 Å². The third kappa shape index (κ3) is 5.06. The molecule has 1 aromatic heterocycles. The zero-order chi connectivity index (χ0) is 20.1. The molecule has 0 aliphatic carbocycles. The Bertz CT molecular complexity index is 787. The predicted molar refractivity (Wildman–Crippen MR) is 115 cm³/mol. The van der Waals surface area contributed by atoms with Crippen molar-refractivity contribution in [2.75, 3.05) is 37.6 Å². The molecule has 0 unspecified atom stereocenters. The zero-order valence-electron chi connectivity index (χ0n) is 16.6. The second-order valence-electron chi connectivity index (χ2n) is 7.89. The number of amides is 1. The lowest BCUT2D eigenvalue weighted by molar-refractivity contribution is -0.125. The molecule has 154 valence electrons. The zero-order valence-corrected chi connectivity index (χ0v) is 17.4. The van der Waals surface area contributed by atoms with Gasteiger partial charge in [-0.3, -0.25) is 9.69 Å². The number of carbonyl (C=O) groups is 1. The van der Waals surface area contributed by atoms with Crippen LogP contribution in [-0.4, -0.2) is 53.7 Å². The molecule has 1 N–H and O–H groups in total. The minimum atomic E-state index is 0.0570. The summed E-state index contributed by atoms with van der Waals surface area (Å²) in [6.07, 6.45) is 4.14. The molecular weight excluding hydrogens is 386 g/mol. The topological polar surface area (TPSA) is 61.4 Å². The van der Waals surface area contributed by atoms with Crippen LogP contribution in [0.5, 0.6) is 0 Å². The predicted octanol–water partition coefficient (Wildman–Crippen LogP) is 3.30. The van der Waals surface area contributed by atoms with Gasteiger partial charge in [-0.25, -0.2) is 0 Å². The van der Waals surface area contributed by atoms with Gasteiger partial charge in [0.2, 0.25) is 5.91 Å². The van der Waals surface area contributed by atoms with E-state index in [-0.39, 0.29) is 17.9 Å². The Hall–Kier alpha value is -2.18. The molecule has 1 amide bonds. The van der Waals surface area contributed by atoms with E-state index >= 15 is 0 Å². The third-order valence-corrected chi connectivity index (χ3v) is 6.24.